The number of hydrogen-bond acceptors (Lipinski definition) is 4. The first-order chi connectivity index (χ1) is 9.60. The summed E-state index contributed by atoms with van der Waals surface area (Å²) in [6.45, 7) is 14.7. The van der Waals surface area contributed by atoms with Crippen molar-refractivity contribution in [1.82, 2.24) is 15.1 Å². The molecule has 20 heavy (non-hydrogen) atoms. The molecule has 116 valence electrons. The lowest BCUT2D eigenvalue weighted by Gasteiger charge is -2.47. The van der Waals surface area contributed by atoms with Gasteiger partial charge in [-0.3, -0.25) is 9.80 Å². The number of morpholine rings is 1. The van der Waals surface area contributed by atoms with Crippen LogP contribution in [-0.4, -0.2) is 73.4 Å². The Kier molecular flexibility index (Phi) is 4.37. The predicted octanol–water partition coefficient (Wildman–Crippen LogP) is 1.17. The van der Waals surface area contributed by atoms with Crippen molar-refractivity contribution in [1.29, 1.82) is 0 Å². The second-order valence-corrected chi connectivity index (χ2v) is 7.24. The van der Waals surface area contributed by atoms with E-state index in [4.69, 9.17) is 4.74 Å². The van der Waals surface area contributed by atoms with E-state index in [1.54, 1.807) is 0 Å². The molecule has 4 nitrogen and oxygen atoms in total. The molecule has 4 heteroatoms. The fourth-order valence-electron chi connectivity index (χ4n) is 3.82. The van der Waals surface area contributed by atoms with Crippen LogP contribution >= 0.6 is 0 Å². The maximum Gasteiger partial charge on any atom is 0.0829 e. The second-order valence-electron chi connectivity index (χ2n) is 7.24. The van der Waals surface area contributed by atoms with Crippen LogP contribution in [0.4, 0.5) is 0 Å². The highest BCUT2D eigenvalue weighted by Crippen LogP contribution is 2.41. The van der Waals surface area contributed by atoms with E-state index in [1.807, 2.05) is 0 Å². The fraction of sp³-hybridized carbons (Fsp3) is 1.00. The van der Waals surface area contributed by atoms with Crippen LogP contribution in [-0.2, 0) is 4.74 Å². The van der Waals surface area contributed by atoms with Crippen molar-refractivity contribution in [2.75, 3.05) is 45.9 Å². The van der Waals surface area contributed by atoms with Crippen molar-refractivity contribution in [2.24, 2.45) is 5.92 Å². The highest BCUT2D eigenvalue weighted by molar-refractivity contribution is 5.03. The van der Waals surface area contributed by atoms with Crippen molar-refractivity contribution in [2.45, 2.75) is 51.3 Å². The zero-order valence-corrected chi connectivity index (χ0v) is 13.4. The molecule has 1 N–H and O–H groups in total. The minimum absolute atomic E-state index is 0.339. The summed E-state index contributed by atoms with van der Waals surface area (Å²) in [5, 5.41) is 3.80. The van der Waals surface area contributed by atoms with Crippen LogP contribution in [0.1, 0.15) is 33.6 Å². The summed E-state index contributed by atoms with van der Waals surface area (Å²) in [6, 6.07) is 0.627. The van der Waals surface area contributed by atoms with E-state index in [9.17, 15) is 0 Å². The smallest absolute Gasteiger partial charge is 0.0829 e. The summed E-state index contributed by atoms with van der Waals surface area (Å²) in [7, 11) is 0. The van der Waals surface area contributed by atoms with Crippen LogP contribution in [0.3, 0.4) is 0 Å². The van der Waals surface area contributed by atoms with Crippen LogP contribution < -0.4 is 5.32 Å². The number of rotatable bonds is 4. The third kappa shape index (κ3) is 3.19. The van der Waals surface area contributed by atoms with Gasteiger partial charge in [0, 0.05) is 44.3 Å². The minimum atomic E-state index is 0.339. The molecule has 0 radical (unpaired) electrons. The number of nitrogens with one attached hydrogen (secondary N) is 1. The summed E-state index contributed by atoms with van der Waals surface area (Å²) in [6.07, 6.45) is 3.22. The first kappa shape index (κ1) is 14.8. The van der Waals surface area contributed by atoms with Crippen molar-refractivity contribution in [3.63, 3.8) is 0 Å². The maximum absolute atomic E-state index is 6.00. The number of ether oxygens (including phenoxy) is 1. The van der Waals surface area contributed by atoms with Crippen LogP contribution in [0.2, 0.25) is 0 Å². The fourth-order valence-corrected chi connectivity index (χ4v) is 3.82. The second kappa shape index (κ2) is 5.91. The van der Waals surface area contributed by atoms with Gasteiger partial charge in [0.15, 0.2) is 0 Å². The minimum Gasteiger partial charge on any atom is -0.374 e. The molecule has 3 aliphatic rings. The molecular formula is C16H31N3O. The zero-order valence-electron chi connectivity index (χ0n) is 13.4. The normalized spacial score (nSPS) is 41.0. The lowest BCUT2D eigenvalue weighted by atomic mass is 9.91. The maximum atomic E-state index is 6.00. The van der Waals surface area contributed by atoms with Crippen LogP contribution in [0.5, 0.6) is 0 Å². The molecule has 2 saturated heterocycles. The number of piperazine rings is 1. The molecule has 1 aliphatic carbocycles. The first-order valence-corrected chi connectivity index (χ1v) is 8.44. The van der Waals surface area contributed by atoms with Crippen LogP contribution in [0.25, 0.3) is 0 Å². The molecular weight excluding hydrogens is 250 g/mol. The van der Waals surface area contributed by atoms with Crippen LogP contribution in [0.15, 0.2) is 0 Å². The van der Waals surface area contributed by atoms with Gasteiger partial charge in [0.1, 0.15) is 0 Å². The van der Waals surface area contributed by atoms with E-state index in [2.05, 4.69) is 35.9 Å². The monoisotopic (exact) mass is 281 g/mol. The summed E-state index contributed by atoms with van der Waals surface area (Å²) < 4.78 is 6.00. The topological polar surface area (TPSA) is 27.7 Å². The van der Waals surface area contributed by atoms with Gasteiger partial charge in [0.2, 0.25) is 0 Å². The van der Waals surface area contributed by atoms with E-state index in [-0.39, 0.29) is 0 Å². The van der Waals surface area contributed by atoms with E-state index >= 15 is 0 Å². The van der Waals surface area contributed by atoms with Crippen LogP contribution in [0, 0.1) is 5.92 Å². The number of nitrogens with zero attached hydrogens (tertiary/aromatic N) is 2. The van der Waals surface area contributed by atoms with E-state index in [0.29, 0.717) is 17.7 Å². The van der Waals surface area contributed by atoms with Gasteiger partial charge in [-0.15, -0.1) is 0 Å². The van der Waals surface area contributed by atoms with Crippen molar-refractivity contribution < 1.29 is 4.74 Å². The first-order valence-electron chi connectivity index (χ1n) is 8.44. The lowest BCUT2D eigenvalue weighted by molar-refractivity contribution is -0.0558. The quantitative estimate of drug-likeness (QED) is 0.837. The Morgan fingerprint density at radius 1 is 1.35 bits per heavy atom. The zero-order chi connectivity index (χ0) is 14.2. The molecule has 3 fully saturated rings. The Labute approximate surface area is 123 Å². The Hall–Kier alpha value is -0.160. The predicted molar refractivity (Wildman–Crippen MR) is 82.0 cm³/mol. The van der Waals surface area contributed by atoms with Crippen molar-refractivity contribution in [3.8, 4) is 0 Å². The molecule has 3 atom stereocenters. The Bertz CT molecular complexity index is 334. The Morgan fingerprint density at radius 2 is 2.15 bits per heavy atom. The standard InChI is InChI=1S/C16H31N3O/c1-4-18-7-8-20-15(10-18)11-19-12-16(3,14-5-6-14)17-9-13(19)2/h13-15,17H,4-12H2,1-3H3. The van der Waals surface area contributed by atoms with Gasteiger partial charge < -0.3 is 10.1 Å². The van der Waals surface area contributed by atoms with Gasteiger partial charge in [-0.25, -0.2) is 0 Å². The summed E-state index contributed by atoms with van der Waals surface area (Å²) >= 11 is 0. The lowest BCUT2D eigenvalue weighted by Crippen LogP contribution is -2.64. The van der Waals surface area contributed by atoms with E-state index < -0.39 is 0 Å². The third-order valence-corrected chi connectivity index (χ3v) is 5.54. The largest absolute Gasteiger partial charge is 0.374 e. The molecule has 0 aromatic rings. The van der Waals surface area contributed by atoms with Gasteiger partial charge in [-0.05, 0) is 39.2 Å². The molecule has 2 heterocycles. The average molecular weight is 281 g/mol. The Morgan fingerprint density at radius 3 is 2.85 bits per heavy atom. The van der Waals surface area contributed by atoms with E-state index in [1.165, 1.54) is 19.4 Å². The molecule has 0 amide bonds. The van der Waals surface area contributed by atoms with Crippen molar-refractivity contribution >= 4 is 0 Å². The van der Waals surface area contributed by atoms with Gasteiger partial charge in [0.25, 0.3) is 0 Å². The summed E-state index contributed by atoms with van der Waals surface area (Å²) in [5.74, 6) is 0.900. The average Bonchev–Trinajstić information content (AvgIpc) is 3.28. The molecule has 0 bridgehead atoms. The molecule has 1 saturated carbocycles. The number of hydrogen-bond donors (Lipinski definition) is 1. The van der Waals surface area contributed by atoms with Gasteiger partial charge in [-0.1, -0.05) is 6.92 Å². The highest BCUT2D eigenvalue weighted by atomic mass is 16.5. The third-order valence-electron chi connectivity index (χ3n) is 5.54. The number of likely N-dealkylation sites (N-methyl/N-ethyl adjacent to an activating group) is 1. The van der Waals surface area contributed by atoms with Crippen molar-refractivity contribution in [3.05, 3.63) is 0 Å². The molecule has 3 rings (SSSR count). The highest BCUT2D eigenvalue weighted by Gasteiger charge is 2.45. The molecule has 0 aromatic heterocycles. The molecule has 3 unspecified atom stereocenters. The Balaban J connectivity index is 1.57. The molecule has 2 aliphatic heterocycles. The summed E-state index contributed by atoms with van der Waals surface area (Å²) in [4.78, 5) is 5.18. The van der Waals surface area contributed by atoms with Gasteiger partial charge in [-0.2, -0.15) is 0 Å². The van der Waals surface area contributed by atoms with Gasteiger partial charge >= 0.3 is 0 Å². The summed E-state index contributed by atoms with van der Waals surface area (Å²) in [5.41, 5.74) is 0.339. The SMILES string of the molecule is CCN1CCOC(CN2CC(C)(C3CC3)NCC2C)C1. The molecule has 0 aromatic carbocycles. The van der Waals surface area contributed by atoms with Gasteiger partial charge in [0.05, 0.1) is 12.7 Å². The van der Waals surface area contributed by atoms with E-state index in [0.717, 1.165) is 45.2 Å². The molecule has 0 spiro atoms.